The lowest BCUT2D eigenvalue weighted by molar-refractivity contribution is 1.24. The number of imidazole rings is 1. The maximum atomic E-state index is 4.86. The number of hydrogen-bond acceptors (Lipinski definition) is 2. The van der Waals surface area contributed by atoms with Crippen molar-refractivity contribution in [1.82, 2.24) is 14.4 Å². The van der Waals surface area contributed by atoms with Crippen molar-refractivity contribution in [3.8, 4) is 11.3 Å². The Morgan fingerprint density at radius 2 is 1.65 bits per heavy atom. The number of benzene rings is 2. The van der Waals surface area contributed by atoms with Crippen molar-refractivity contribution in [3.63, 3.8) is 0 Å². The Morgan fingerprint density at radius 1 is 0.826 bits per heavy atom. The van der Waals surface area contributed by atoms with E-state index in [1.165, 1.54) is 5.56 Å². The summed E-state index contributed by atoms with van der Waals surface area (Å²) < 4.78 is 2.24. The fourth-order valence-electron chi connectivity index (χ4n) is 3.21. The van der Waals surface area contributed by atoms with Crippen LogP contribution in [0.1, 0.15) is 0 Å². The van der Waals surface area contributed by atoms with Crippen molar-refractivity contribution in [3.05, 3.63) is 79.1 Å². The van der Waals surface area contributed by atoms with Crippen molar-refractivity contribution in [2.24, 2.45) is 0 Å². The normalized spacial score (nSPS) is 11.5. The van der Waals surface area contributed by atoms with Crippen LogP contribution in [0.4, 0.5) is 0 Å². The molecule has 0 amide bonds. The van der Waals surface area contributed by atoms with Gasteiger partial charge in [-0.1, -0.05) is 42.5 Å². The van der Waals surface area contributed by atoms with Crippen LogP contribution in [-0.4, -0.2) is 14.4 Å². The smallest absolute Gasteiger partial charge is 0.146 e. The molecule has 108 valence electrons. The quantitative estimate of drug-likeness (QED) is 0.448. The SMILES string of the molecule is c1ccc(-c2cc3cnccc3c3nc4ccccc4n23)cc1. The molecule has 0 aliphatic carbocycles. The first-order valence-electron chi connectivity index (χ1n) is 7.61. The lowest BCUT2D eigenvalue weighted by Crippen LogP contribution is -1.94. The van der Waals surface area contributed by atoms with E-state index in [9.17, 15) is 0 Å². The van der Waals surface area contributed by atoms with E-state index in [2.05, 4.69) is 57.9 Å². The van der Waals surface area contributed by atoms with E-state index in [-0.39, 0.29) is 0 Å². The van der Waals surface area contributed by atoms with Crippen LogP contribution >= 0.6 is 0 Å². The molecular formula is C20H13N3. The number of rotatable bonds is 1. The Kier molecular flexibility index (Phi) is 2.50. The molecule has 0 radical (unpaired) electrons. The van der Waals surface area contributed by atoms with E-state index in [4.69, 9.17) is 4.98 Å². The van der Waals surface area contributed by atoms with E-state index >= 15 is 0 Å². The molecule has 5 rings (SSSR count). The van der Waals surface area contributed by atoms with Gasteiger partial charge in [0.15, 0.2) is 0 Å². The van der Waals surface area contributed by atoms with Crippen LogP contribution in [0.25, 0.3) is 38.7 Å². The van der Waals surface area contributed by atoms with Gasteiger partial charge >= 0.3 is 0 Å². The molecule has 0 unspecified atom stereocenters. The molecule has 0 aliphatic rings. The summed E-state index contributed by atoms with van der Waals surface area (Å²) in [5.41, 5.74) is 5.42. The van der Waals surface area contributed by atoms with Gasteiger partial charge in [0.2, 0.25) is 0 Å². The van der Waals surface area contributed by atoms with E-state index < -0.39 is 0 Å². The first kappa shape index (κ1) is 12.4. The maximum Gasteiger partial charge on any atom is 0.146 e. The predicted molar refractivity (Wildman–Crippen MR) is 93.4 cm³/mol. The highest BCUT2D eigenvalue weighted by molar-refractivity contribution is 6.00. The number of para-hydroxylation sites is 2. The topological polar surface area (TPSA) is 30.2 Å². The molecule has 23 heavy (non-hydrogen) atoms. The van der Waals surface area contributed by atoms with Gasteiger partial charge in [0.25, 0.3) is 0 Å². The third-order valence-electron chi connectivity index (χ3n) is 4.26. The van der Waals surface area contributed by atoms with Gasteiger partial charge in [0, 0.05) is 23.2 Å². The summed E-state index contributed by atoms with van der Waals surface area (Å²) >= 11 is 0. The number of fused-ring (bicyclic) bond motifs is 5. The highest BCUT2D eigenvalue weighted by Gasteiger charge is 2.13. The predicted octanol–water partition coefficient (Wildman–Crippen LogP) is 4.70. The first-order valence-corrected chi connectivity index (χ1v) is 7.61. The fourth-order valence-corrected chi connectivity index (χ4v) is 3.21. The average Bonchev–Trinajstić information content (AvgIpc) is 3.02. The minimum absolute atomic E-state index is 0.977. The molecule has 0 N–H and O–H groups in total. The van der Waals surface area contributed by atoms with Gasteiger partial charge in [-0.2, -0.15) is 0 Å². The molecule has 0 fully saturated rings. The molecule has 3 heteroatoms. The Hall–Kier alpha value is -3.20. The van der Waals surface area contributed by atoms with Crippen LogP contribution in [0.2, 0.25) is 0 Å². The molecule has 0 saturated heterocycles. The van der Waals surface area contributed by atoms with Gasteiger partial charge < -0.3 is 0 Å². The summed E-state index contributed by atoms with van der Waals surface area (Å²) in [7, 11) is 0. The van der Waals surface area contributed by atoms with Crippen LogP contribution < -0.4 is 0 Å². The highest BCUT2D eigenvalue weighted by atomic mass is 15.0. The van der Waals surface area contributed by atoms with Gasteiger partial charge in [0.1, 0.15) is 5.65 Å². The molecule has 0 atom stereocenters. The van der Waals surface area contributed by atoms with Gasteiger partial charge in [0.05, 0.1) is 16.7 Å². The molecule has 0 saturated carbocycles. The summed E-state index contributed by atoms with van der Waals surface area (Å²) in [5, 5.41) is 2.23. The lowest BCUT2D eigenvalue weighted by atomic mass is 10.1. The molecule has 3 heterocycles. The number of nitrogens with zero attached hydrogens (tertiary/aromatic N) is 3. The zero-order valence-electron chi connectivity index (χ0n) is 12.3. The lowest BCUT2D eigenvalue weighted by Gasteiger charge is -2.09. The number of aromatic nitrogens is 3. The molecule has 3 nitrogen and oxygen atoms in total. The van der Waals surface area contributed by atoms with Gasteiger partial charge in [-0.25, -0.2) is 4.98 Å². The van der Waals surface area contributed by atoms with Crippen molar-refractivity contribution < 1.29 is 0 Å². The number of pyridine rings is 2. The highest BCUT2D eigenvalue weighted by Crippen LogP contribution is 2.31. The molecular weight excluding hydrogens is 282 g/mol. The van der Waals surface area contributed by atoms with Crippen LogP contribution in [0.5, 0.6) is 0 Å². The maximum absolute atomic E-state index is 4.86. The van der Waals surface area contributed by atoms with Gasteiger partial charge in [-0.05, 0) is 29.8 Å². The van der Waals surface area contributed by atoms with Crippen molar-refractivity contribution in [2.75, 3.05) is 0 Å². The average molecular weight is 295 g/mol. The molecule has 2 aromatic carbocycles. The Balaban J connectivity index is 2.06. The van der Waals surface area contributed by atoms with Crippen molar-refractivity contribution >= 4 is 27.5 Å². The van der Waals surface area contributed by atoms with Crippen LogP contribution in [0.15, 0.2) is 79.1 Å². The Bertz CT molecular complexity index is 1160. The van der Waals surface area contributed by atoms with E-state index in [0.29, 0.717) is 0 Å². The second kappa shape index (κ2) is 4.65. The summed E-state index contributed by atoms with van der Waals surface area (Å²) in [6, 6.07) is 22.9. The van der Waals surface area contributed by atoms with Crippen molar-refractivity contribution in [1.29, 1.82) is 0 Å². The molecule has 0 bridgehead atoms. The third kappa shape index (κ3) is 1.77. The number of hydrogen-bond donors (Lipinski definition) is 0. The fraction of sp³-hybridized carbons (Fsp3) is 0. The van der Waals surface area contributed by atoms with Crippen LogP contribution in [-0.2, 0) is 0 Å². The van der Waals surface area contributed by atoms with Crippen molar-refractivity contribution in [2.45, 2.75) is 0 Å². The van der Waals surface area contributed by atoms with E-state index in [0.717, 1.165) is 33.1 Å². The van der Waals surface area contributed by atoms with E-state index in [1.807, 2.05) is 30.6 Å². The van der Waals surface area contributed by atoms with E-state index in [1.54, 1.807) is 0 Å². The molecule has 5 aromatic rings. The van der Waals surface area contributed by atoms with Crippen LogP contribution in [0.3, 0.4) is 0 Å². The third-order valence-corrected chi connectivity index (χ3v) is 4.26. The summed E-state index contributed by atoms with van der Waals surface area (Å²) in [4.78, 5) is 9.14. The Morgan fingerprint density at radius 3 is 2.57 bits per heavy atom. The van der Waals surface area contributed by atoms with Crippen LogP contribution in [0, 0.1) is 0 Å². The second-order valence-corrected chi connectivity index (χ2v) is 5.62. The molecule has 3 aromatic heterocycles. The minimum atomic E-state index is 0.977. The van der Waals surface area contributed by atoms with Gasteiger partial charge in [-0.3, -0.25) is 9.38 Å². The Labute approximate surface area is 132 Å². The molecule has 0 spiro atoms. The zero-order valence-corrected chi connectivity index (χ0v) is 12.3. The first-order chi connectivity index (χ1) is 11.4. The molecule has 0 aliphatic heterocycles. The monoisotopic (exact) mass is 295 g/mol. The second-order valence-electron chi connectivity index (χ2n) is 5.62. The minimum Gasteiger partial charge on any atom is -0.292 e. The summed E-state index contributed by atoms with van der Waals surface area (Å²) in [6.07, 6.45) is 3.73. The zero-order chi connectivity index (χ0) is 15.2. The standard InChI is InChI=1S/C20H13N3/c1-2-6-14(7-3-1)19-12-15-13-21-11-10-16(15)20-22-17-8-4-5-9-18(17)23(19)20/h1-13H. The largest absolute Gasteiger partial charge is 0.292 e. The summed E-state index contributed by atoms with van der Waals surface area (Å²) in [5.74, 6) is 0. The van der Waals surface area contributed by atoms with Gasteiger partial charge in [-0.15, -0.1) is 0 Å². The summed E-state index contributed by atoms with van der Waals surface area (Å²) in [6.45, 7) is 0.